The van der Waals surface area contributed by atoms with Gasteiger partial charge in [0, 0.05) is 6.54 Å². The number of aliphatic hydroxyl groups is 1. The predicted molar refractivity (Wildman–Crippen MR) is 72.5 cm³/mol. The molecule has 0 aromatic heterocycles. The van der Waals surface area contributed by atoms with Crippen LogP contribution in [0, 0.1) is 0 Å². The maximum absolute atomic E-state index is 11.6. The maximum atomic E-state index is 11.6. The van der Waals surface area contributed by atoms with E-state index >= 15 is 0 Å². The first-order valence-corrected chi connectivity index (χ1v) is 8.03. The van der Waals surface area contributed by atoms with Crippen LogP contribution in [-0.4, -0.2) is 48.9 Å². The summed E-state index contributed by atoms with van der Waals surface area (Å²) in [4.78, 5) is 0. The Morgan fingerprint density at radius 3 is 2.58 bits per heavy atom. The number of hydrogen-bond donors (Lipinski definition) is 1. The normalized spacial score (nSPS) is 29.1. The van der Waals surface area contributed by atoms with Crippen molar-refractivity contribution >= 4 is 10.0 Å². The van der Waals surface area contributed by atoms with E-state index in [1.807, 2.05) is 18.2 Å². The van der Waals surface area contributed by atoms with Gasteiger partial charge in [0.25, 0.3) is 0 Å². The van der Waals surface area contributed by atoms with Crippen molar-refractivity contribution in [2.45, 2.75) is 25.0 Å². The van der Waals surface area contributed by atoms with Gasteiger partial charge in [0.2, 0.25) is 10.0 Å². The summed E-state index contributed by atoms with van der Waals surface area (Å²) in [6.07, 6.45) is 0.961. The van der Waals surface area contributed by atoms with Crippen molar-refractivity contribution in [1.29, 1.82) is 0 Å². The van der Waals surface area contributed by atoms with Gasteiger partial charge in [0.05, 0.1) is 12.8 Å². The van der Waals surface area contributed by atoms with E-state index < -0.39 is 21.7 Å². The quantitative estimate of drug-likeness (QED) is 0.894. The molecule has 0 saturated carbocycles. The first-order valence-electron chi connectivity index (χ1n) is 6.18. The number of nitrogens with zero attached hydrogens (tertiary/aromatic N) is 1. The number of sulfonamides is 1. The molecule has 1 heterocycles. The third kappa shape index (κ3) is 3.46. The molecular weight excluding hydrogens is 266 g/mol. The lowest BCUT2D eigenvalue weighted by Crippen LogP contribution is -2.57. The second-order valence-corrected chi connectivity index (χ2v) is 7.13. The summed E-state index contributed by atoms with van der Waals surface area (Å²) in [6.45, 7) is 2.17. The van der Waals surface area contributed by atoms with Crippen LogP contribution in [0.5, 0.6) is 5.75 Å². The lowest BCUT2D eigenvalue weighted by Gasteiger charge is -2.41. The van der Waals surface area contributed by atoms with E-state index in [-0.39, 0.29) is 6.54 Å². The van der Waals surface area contributed by atoms with E-state index in [0.717, 1.165) is 0 Å². The Kier molecular flexibility index (Phi) is 3.85. The molecule has 1 aliphatic rings. The molecule has 1 aliphatic heterocycles. The lowest BCUT2D eigenvalue weighted by molar-refractivity contribution is -0.0808. The molecule has 1 N–H and O–H groups in total. The van der Waals surface area contributed by atoms with Gasteiger partial charge in [0.15, 0.2) is 0 Å². The molecule has 0 amide bonds. The third-order valence-corrected chi connectivity index (χ3v) is 4.69. The molecule has 0 bridgehead atoms. The van der Waals surface area contributed by atoms with E-state index in [2.05, 4.69) is 0 Å². The summed E-state index contributed by atoms with van der Waals surface area (Å²) in [6, 6.07) is 9.11. The molecule has 106 valence electrons. The van der Waals surface area contributed by atoms with Gasteiger partial charge in [-0.2, -0.15) is 4.31 Å². The minimum atomic E-state index is -3.26. The zero-order valence-corrected chi connectivity index (χ0v) is 11.9. The maximum Gasteiger partial charge on any atom is 0.211 e. The summed E-state index contributed by atoms with van der Waals surface area (Å²) < 4.78 is 30.3. The van der Waals surface area contributed by atoms with Crippen LogP contribution < -0.4 is 4.74 Å². The van der Waals surface area contributed by atoms with Crippen molar-refractivity contribution in [3.63, 3.8) is 0 Å². The number of rotatable bonds is 3. The molecule has 2 atom stereocenters. The SMILES string of the molecule is C[C@]1(O)CCN(S(C)(=O)=O)C[C@@H]1Oc1ccccc1. The van der Waals surface area contributed by atoms with Gasteiger partial charge in [0.1, 0.15) is 17.5 Å². The van der Waals surface area contributed by atoms with Crippen LogP contribution in [0.4, 0.5) is 0 Å². The van der Waals surface area contributed by atoms with E-state index in [9.17, 15) is 13.5 Å². The summed E-state index contributed by atoms with van der Waals surface area (Å²) in [5, 5.41) is 10.3. The van der Waals surface area contributed by atoms with Crippen LogP contribution in [0.25, 0.3) is 0 Å². The zero-order chi connectivity index (χ0) is 14.1. The van der Waals surface area contributed by atoms with Crippen molar-refractivity contribution < 1.29 is 18.3 Å². The molecule has 1 aromatic rings. The highest BCUT2D eigenvalue weighted by Crippen LogP contribution is 2.27. The minimum absolute atomic E-state index is 0.167. The standard InChI is InChI=1S/C13H19NO4S/c1-13(15)8-9-14(19(2,16)17)10-12(13)18-11-6-4-3-5-7-11/h3-7,12,15H,8-10H2,1-2H3/t12-,13-/m0/s1. The van der Waals surface area contributed by atoms with Crippen LogP contribution in [0.1, 0.15) is 13.3 Å². The van der Waals surface area contributed by atoms with Crippen molar-refractivity contribution in [3.05, 3.63) is 30.3 Å². The molecule has 0 radical (unpaired) electrons. The summed E-state index contributed by atoms with van der Waals surface area (Å²) in [5.41, 5.74) is -1.03. The molecule has 1 aromatic carbocycles. The van der Waals surface area contributed by atoms with Gasteiger partial charge in [-0.05, 0) is 25.5 Å². The summed E-state index contributed by atoms with van der Waals surface area (Å²) in [5.74, 6) is 0.628. The first-order chi connectivity index (χ1) is 8.79. The third-order valence-electron chi connectivity index (χ3n) is 3.42. The molecule has 1 fully saturated rings. The second kappa shape index (κ2) is 5.11. The number of piperidine rings is 1. The topological polar surface area (TPSA) is 66.8 Å². The number of hydrogen-bond acceptors (Lipinski definition) is 4. The minimum Gasteiger partial charge on any atom is -0.486 e. The molecule has 19 heavy (non-hydrogen) atoms. The van der Waals surface area contributed by atoms with E-state index in [1.165, 1.54) is 10.6 Å². The van der Waals surface area contributed by atoms with Gasteiger partial charge in [-0.15, -0.1) is 0 Å². The Balaban J connectivity index is 2.16. The molecular formula is C13H19NO4S. The highest BCUT2D eigenvalue weighted by Gasteiger charge is 2.41. The molecule has 2 rings (SSSR count). The van der Waals surface area contributed by atoms with Gasteiger partial charge in [-0.1, -0.05) is 18.2 Å². The highest BCUT2D eigenvalue weighted by molar-refractivity contribution is 7.88. The fraction of sp³-hybridized carbons (Fsp3) is 0.538. The number of ether oxygens (including phenoxy) is 1. The van der Waals surface area contributed by atoms with Gasteiger partial charge >= 0.3 is 0 Å². The second-order valence-electron chi connectivity index (χ2n) is 5.15. The summed E-state index contributed by atoms with van der Waals surface area (Å²) in [7, 11) is -3.26. The molecule has 0 unspecified atom stereocenters. The van der Waals surface area contributed by atoms with Crippen molar-refractivity contribution in [2.75, 3.05) is 19.3 Å². The molecule has 5 nitrogen and oxygen atoms in total. The van der Waals surface area contributed by atoms with E-state index in [0.29, 0.717) is 18.7 Å². The smallest absolute Gasteiger partial charge is 0.211 e. The number of para-hydroxylation sites is 1. The van der Waals surface area contributed by atoms with Crippen molar-refractivity contribution in [1.82, 2.24) is 4.31 Å². The van der Waals surface area contributed by atoms with Gasteiger partial charge in [-0.3, -0.25) is 0 Å². The lowest BCUT2D eigenvalue weighted by atomic mass is 9.91. The van der Waals surface area contributed by atoms with Crippen LogP contribution in [0.2, 0.25) is 0 Å². The Morgan fingerprint density at radius 1 is 1.37 bits per heavy atom. The van der Waals surface area contributed by atoms with E-state index in [1.54, 1.807) is 19.1 Å². The molecule has 0 aliphatic carbocycles. The van der Waals surface area contributed by atoms with Crippen molar-refractivity contribution in [2.24, 2.45) is 0 Å². The van der Waals surface area contributed by atoms with Gasteiger partial charge < -0.3 is 9.84 Å². The Morgan fingerprint density at radius 2 is 2.00 bits per heavy atom. The van der Waals surface area contributed by atoms with E-state index in [4.69, 9.17) is 4.74 Å². The monoisotopic (exact) mass is 285 g/mol. The average molecular weight is 285 g/mol. The zero-order valence-electron chi connectivity index (χ0n) is 11.1. The fourth-order valence-corrected chi connectivity index (χ4v) is 2.94. The van der Waals surface area contributed by atoms with Crippen LogP contribution in [0.15, 0.2) is 30.3 Å². The van der Waals surface area contributed by atoms with Gasteiger partial charge in [-0.25, -0.2) is 8.42 Å². The first kappa shape index (κ1) is 14.3. The van der Waals surface area contributed by atoms with Crippen LogP contribution in [-0.2, 0) is 10.0 Å². The Bertz CT molecular complexity index is 527. The Labute approximate surface area is 113 Å². The van der Waals surface area contributed by atoms with Crippen molar-refractivity contribution in [3.8, 4) is 5.75 Å². The molecule has 0 spiro atoms. The predicted octanol–water partition coefficient (Wildman–Crippen LogP) is 0.850. The highest BCUT2D eigenvalue weighted by atomic mass is 32.2. The number of benzene rings is 1. The van der Waals surface area contributed by atoms with Crippen LogP contribution in [0.3, 0.4) is 0 Å². The largest absolute Gasteiger partial charge is 0.486 e. The van der Waals surface area contributed by atoms with Crippen LogP contribution >= 0.6 is 0 Å². The molecule has 1 saturated heterocycles. The Hall–Kier alpha value is -1.11. The molecule has 6 heteroatoms. The fourth-order valence-electron chi connectivity index (χ4n) is 2.11. The summed E-state index contributed by atoms with van der Waals surface area (Å²) >= 11 is 0. The average Bonchev–Trinajstić information content (AvgIpc) is 2.31.